The molecule has 1 aliphatic heterocycles. The van der Waals surface area contributed by atoms with E-state index < -0.39 is 10.0 Å². The zero-order valence-electron chi connectivity index (χ0n) is 21.0. The summed E-state index contributed by atoms with van der Waals surface area (Å²) in [6, 6.07) is 16.5. The lowest BCUT2D eigenvalue weighted by Crippen LogP contribution is -2.36. The van der Waals surface area contributed by atoms with Crippen molar-refractivity contribution in [3.05, 3.63) is 75.8 Å². The molecular formula is C28H30ClN3O3S2. The van der Waals surface area contributed by atoms with Crippen LogP contribution in [0.4, 0.5) is 5.69 Å². The molecule has 194 valence electrons. The van der Waals surface area contributed by atoms with Crippen LogP contribution in [-0.4, -0.2) is 51.1 Å². The number of rotatable bonds is 8. The van der Waals surface area contributed by atoms with Crippen LogP contribution < -0.4 is 4.72 Å². The Labute approximate surface area is 227 Å². The van der Waals surface area contributed by atoms with Crippen LogP contribution in [0.2, 0.25) is 5.02 Å². The maximum Gasteiger partial charge on any atom is 0.261 e. The van der Waals surface area contributed by atoms with E-state index in [4.69, 9.17) is 21.3 Å². The number of thiophene rings is 1. The molecule has 9 heteroatoms. The Morgan fingerprint density at radius 2 is 1.86 bits per heavy atom. The Balaban J connectivity index is 1.58. The second-order valence-electron chi connectivity index (χ2n) is 9.38. The summed E-state index contributed by atoms with van der Waals surface area (Å²) in [6.07, 6.45) is 1.90. The number of nitrogens with zero attached hydrogens (tertiary/aromatic N) is 2. The second kappa shape index (κ2) is 11.1. The second-order valence-corrected chi connectivity index (χ2v) is 12.6. The topological polar surface area (TPSA) is 71.5 Å². The minimum Gasteiger partial charge on any atom is -0.379 e. The highest BCUT2D eigenvalue weighted by molar-refractivity contribution is 7.92. The smallest absolute Gasteiger partial charge is 0.261 e. The Morgan fingerprint density at radius 3 is 2.62 bits per heavy atom. The molecule has 3 heterocycles. The summed E-state index contributed by atoms with van der Waals surface area (Å²) in [5.74, 6) is 0. The first-order chi connectivity index (χ1) is 17.8. The third kappa shape index (κ3) is 5.99. The Kier molecular flexibility index (Phi) is 7.83. The van der Waals surface area contributed by atoms with Crippen molar-refractivity contribution in [1.82, 2.24) is 9.88 Å². The molecule has 4 aromatic rings. The van der Waals surface area contributed by atoms with E-state index in [9.17, 15) is 8.42 Å². The Morgan fingerprint density at radius 1 is 1.08 bits per heavy atom. The number of hydrogen-bond acceptors (Lipinski definition) is 6. The van der Waals surface area contributed by atoms with Gasteiger partial charge in [-0.25, -0.2) is 13.4 Å². The van der Waals surface area contributed by atoms with E-state index in [0.717, 1.165) is 78.3 Å². The number of morpholine rings is 1. The average molecular weight is 556 g/mol. The minimum atomic E-state index is -3.85. The van der Waals surface area contributed by atoms with Crippen LogP contribution in [0.15, 0.2) is 59.5 Å². The average Bonchev–Trinajstić information content (AvgIpc) is 3.23. The van der Waals surface area contributed by atoms with Crippen LogP contribution >= 0.6 is 22.9 Å². The molecule has 0 radical (unpaired) electrons. The molecule has 1 fully saturated rings. The van der Waals surface area contributed by atoms with E-state index in [2.05, 4.69) is 34.7 Å². The molecule has 1 N–H and O–H groups in total. The van der Waals surface area contributed by atoms with Gasteiger partial charge in [0.25, 0.3) is 10.0 Å². The maximum absolute atomic E-state index is 13.4. The fourth-order valence-corrected chi connectivity index (χ4v) is 7.42. The quantitative estimate of drug-likeness (QED) is 0.276. The van der Waals surface area contributed by atoms with Crippen molar-refractivity contribution in [2.24, 2.45) is 0 Å². The summed E-state index contributed by atoms with van der Waals surface area (Å²) in [5.41, 5.74) is 4.57. The number of aryl methyl sites for hydroxylation is 3. The van der Waals surface area contributed by atoms with Gasteiger partial charge in [-0.05, 0) is 63.1 Å². The molecule has 1 aliphatic rings. The number of hydrogen-bond donors (Lipinski definition) is 1. The Hall–Kier alpha value is -2.49. The summed E-state index contributed by atoms with van der Waals surface area (Å²) in [6.45, 7) is 8.47. The van der Waals surface area contributed by atoms with Gasteiger partial charge in [-0.3, -0.25) is 9.62 Å². The third-order valence-corrected chi connectivity index (χ3v) is 9.24. The summed E-state index contributed by atoms with van der Waals surface area (Å²) >= 11 is 7.74. The van der Waals surface area contributed by atoms with Crippen LogP contribution in [0.1, 0.15) is 22.6 Å². The normalized spacial score (nSPS) is 14.8. The van der Waals surface area contributed by atoms with Gasteiger partial charge in [0.15, 0.2) is 0 Å². The molecule has 0 spiro atoms. The molecule has 1 saturated heterocycles. The standard InChI is InChI=1S/C28H30ClN3O3S2/c1-19-6-3-7-21(16-19)26-25(10-5-11-32-12-14-35-15-13-32)36-28-27(26)24(17-20(2)30-28)31-37(33,34)23-9-4-8-22(29)18-23/h3-4,6-9,16-18H,5,10-15H2,1-2H3,(H,30,31). The van der Waals surface area contributed by atoms with Crippen molar-refractivity contribution < 1.29 is 13.2 Å². The van der Waals surface area contributed by atoms with Gasteiger partial charge < -0.3 is 4.74 Å². The van der Waals surface area contributed by atoms with Gasteiger partial charge in [0.05, 0.1) is 23.8 Å². The van der Waals surface area contributed by atoms with E-state index in [1.54, 1.807) is 29.5 Å². The number of aromatic nitrogens is 1. The van der Waals surface area contributed by atoms with Crippen molar-refractivity contribution in [3.8, 4) is 11.1 Å². The largest absolute Gasteiger partial charge is 0.379 e. The van der Waals surface area contributed by atoms with Gasteiger partial charge in [0.1, 0.15) is 4.83 Å². The van der Waals surface area contributed by atoms with Gasteiger partial charge in [-0.15, -0.1) is 11.3 Å². The Bertz CT molecular complexity index is 1530. The summed E-state index contributed by atoms with van der Waals surface area (Å²) in [5, 5.41) is 1.21. The fourth-order valence-electron chi connectivity index (χ4n) is 4.76. The SMILES string of the molecule is Cc1cccc(-c2c(CCCN3CCOCC3)sc3nc(C)cc(NS(=O)(=O)c4cccc(Cl)c4)c23)c1. The van der Waals surface area contributed by atoms with E-state index in [1.165, 1.54) is 10.9 Å². The molecular weight excluding hydrogens is 526 g/mol. The number of sulfonamides is 1. The lowest BCUT2D eigenvalue weighted by atomic mass is 9.98. The van der Waals surface area contributed by atoms with E-state index in [1.807, 2.05) is 19.1 Å². The van der Waals surface area contributed by atoms with Gasteiger partial charge in [-0.1, -0.05) is 47.5 Å². The molecule has 0 bridgehead atoms. The van der Waals surface area contributed by atoms with Crippen molar-refractivity contribution in [2.75, 3.05) is 37.6 Å². The van der Waals surface area contributed by atoms with Gasteiger partial charge in [0, 0.05) is 39.6 Å². The van der Waals surface area contributed by atoms with E-state index in [-0.39, 0.29) is 4.90 Å². The number of fused-ring (bicyclic) bond motifs is 1. The molecule has 6 nitrogen and oxygen atoms in total. The summed E-state index contributed by atoms with van der Waals surface area (Å²) in [7, 11) is -3.85. The first-order valence-electron chi connectivity index (χ1n) is 12.4. The lowest BCUT2D eigenvalue weighted by Gasteiger charge is -2.26. The first-order valence-corrected chi connectivity index (χ1v) is 15.1. The number of ether oxygens (including phenoxy) is 1. The number of anilines is 1. The van der Waals surface area contributed by atoms with Crippen LogP contribution in [0.5, 0.6) is 0 Å². The molecule has 2 aromatic carbocycles. The molecule has 0 amide bonds. The molecule has 2 aromatic heterocycles. The van der Waals surface area contributed by atoms with Crippen molar-refractivity contribution in [2.45, 2.75) is 31.6 Å². The van der Waals surface area contributed by atoms with Gasteiger partial charge in [0.2, 0.25) is 0 Å². The van der Waals surface area contributed by atoms with Crippen molar-refractivity contribution >= 4 is 48.9 Å². The van der Waals surface area contributed by atoms with Crippen LogP contribution in [0.25, 0.3) is 21.3 Å². The zero-order chi connectivity index (χ0) is 26.0. The summed E-state index contributed by atoms with van der Waals surface area (Å²) < 4.78 is 35.1. The predicted octanol–water partition coefficient (Wildman–Crippen LogP) is 6.30. The highest BCUT2D eigenvalue weighted by atomic mass is 35.5. The van der Waals surface area contributed by atoms with Crippen LogP contribution in [0.3, 0.4) is 0 Å². The molecule has 37 heavy (non-hydrogen) atoms. The lowest BCUT2D eigenvalue weighted by molar-refractivity contribution is 0.0375. The van der Waals surface area contributed by atoms with Crippen molar-refractivity contribution in [1.29, 1.82) is 0 Å². The molecule has 0 aliphatic carbocycles. The van der Waals surface area contributed by atoms with Crippen molar-refractivity contribution in [3.63, 3.8) is 0 Å². The highest BCUT2D eigenvalue weighted by Gasteiger charge is 2.23. The highest BCUT2D eigenvalue weighted by Crippen LogP contribution is 2.43. The number of nitrogens with one attached hydrogen (secondary N) is 1. The monoisotopic (exact) mass is 555 g/mol. The van der Waals surface area contributed by atoms with Crippen LogP contribution in [-0.2, 0) is 21.2 Å². The predicted molar refractivity (Wildman–Crippen MR) is 152 cm³/mol. The zero-order valence-corrected chi connectivity index (χ0v) is 23.3. The number of halogens is 1. The van der Waals surface area contributed by atoms with Gasteiger partial charge >= 0.3 is 0 Å². The maximum atomic E-state index is 13.4. The third-order valence-electron chi connectivity index (χ3n) is 6.50. The first kappa shape index (κ1) is 26.1. The number of pyridine rings is 1. The summed E-state index contributed by atoms with van der Waals surface area (Å²) in [4.78, 5) is 9.43. The van der Waals surface area contributed by atoms with E-state index in [0.29, 0.717) is 10.7 Å². The molecule has 5 rings (SSSR count). The number of benzene rings is 2. The molecule has 0 unspecified atom stereocenters. The van der Waals surface area contributed by atoms with Crippen LogP contribution in [0, 0.1) is 13.8 Å². The van der Waals surface area contributed by atoms with Gasteiger partial charge in [-0.2, -0.15) is 0 Å². The molecule has 0 atom stereocenters. The van der Waals surface area contributed by atoms with E-state index >= 15 is 0 Å². The minimum absolute atomic E-state index is 0.126. The molecule has 0 saturated carbocycles. The fraction of sp³-hybridized carbons (Fsp3) is 0.321.